The van der Waals surface area contributed by atoms with Gasteiger partial charge in [-0.05, 0) is 50.3 Å². The lowest BCUT2D eigenvalue weighted by Crippen LogP contribution is -2.39. The van der Waals surface area contributed by atoms with Crippen LogP contribution in [0, 0.1) is 0 Å². The summed E-state index contributed by atoms with van der Waals surface area (Å²) in [6, 6.07) is 5.62. The van der Waals surface area contributed by atoms with E-state index < -0.39 is 0 Å². The van der Waals surface area contributed by atoms with Crippen molar-refractivity contribution in [3.63, 3.8) is 0 Å². The maximum absolute atomic E-state index is 12.2. The highest BCUT2D eigenvalue weighted by Gasteiger charge is 2.27. The Kier molecular flexibility index (Phi) is 4.11. The minimum Gasteiger partial charge on any atom is -0.482 e. The molecule has 0 radical (unpaired) electrons. The van der Waals surface area contributed by atoms with Crippen LogP contribution >= 0.6 is 0 Å². The highest BCUT2D eigenvalue weighted by atomic mass is 16.5. The minimum atomic E-state index is -0.0385. The van der Waals surface area contributed by atoms with Crippen molar-refractivity contribution in [3.05, 3.63) is 29.5 Å². The monoisotopic (exact) mass is 379 g/mol. The van der Waals surface area contributed by atoms with Gasteiger partial charge in [-0.1, -0.05) is 12.1 Å². The summed E-state index contributed by atoms with van der Waals surface area (Å²) >= 11 is 0. The summed E-state index contributed by atoms with van der Waals surface area (Å²) in [5.74, 6) is 1.55. The molecule has 0 fully saturated rings. The van der Waals surface area contributed by atoms with E-state index >= 15 is 0 Å². The van der Waals surface area contributed by atoms with Gasteiger partial charge in [0.1, 0.15) is 5.75 Å². The molecule has 1 amide bonds. The molecule has 1 aromatic carbocycles. The molecule has 5 rings (SSSR count). The van der Waals surface area contributed by atoms with Gasteiger partial charge in [-0.2, -0.15) is 10.1 Å². The number of ether oxygens (including phenoxy) is 1. The second-order valence-corrected chi connectivity index (χ2v) is 7.18. The molecule has 8 heteroatoms. The van der Waals surface area contributed by atoms with Gasteiger partial charge in [0.25, 0.3) is 11.8 Å². The molecule has 28 heavy (non-hydrogen) atoms. The van der Waals surface area contributed by atoms with Crippen molar-refractivity contribution in [1.29, 1.82) is 0 Å². The van der Waals surface area contributed by atoms with Gasteiger partial charge >= 0.3 is 0 Å². The highest BCUT2D eigenvalue weighted by molar-refractivity contribution is 5.98. The quantitative estimate of drug-likeness (QED) is 0.748. The Morgan fingerprint density at radius 3 is 3.04 bits per heavy atom. The van der Waals surface area contributed by atoms with Gasteiger partial charge in [0.05, 0.1) is 5.69 Å². The largest absolute Gasteiger partial charge is 0.482 e. The molecule has 1 aliphatic carbocycles. The summed E-state index contributed by atoms with van der Waals surface area (Å²) in [6.07, 6.45) is 5.17. The molecule has 2 aromatic heterocycles. The van der Waals surface area contributed by atoms with E-state index in [-0.39, 0.29) is 12.5 Å². The van der Waals surface area contributed by atoms with Gasteiger partial charge in [-0.25, -0.2) is 0 Å². The first-order valence-electron chi connectivity index (χ1n) is 9.72. The van der Waals surface area contributed by atoms with E-state index in [1.54, 1.807) is 4.90 Å². The number of aromatic amines is 1. The van der Waals surface area contributed by atoms with Crippen LogP contribution < -0.4 is 9.64 Å². The highest BCUT2D eigenvalue weighted by Crippen LogP contribution is 2.36. The smallest absolute Gasteiger partial charge is 0.279 e. The Morgan fingerprint density at radius 1 is 1.25 bits per heavy atom. The van der Waals surface area contributed by atoms with E-state index in [0.717, 1.165) is 42.6 Å². The predicted molar refractivity (Wildman–Crippen MR) is 102 cm³/mol. The van der Waals surface area contributed by atoms with Crippen LogP contribution in [0.2, 0.25) is 0 Å². The Bertz CT molecular complexity index is 1040. The number of carbonyl (C=O) groups is 1. The van der Waals surface area contributed by atoms with Crippen molar-refractivity contribution in [2.75, 3.05) is 18.1 Å². The maximum atomic E-state index is 12.2. The van der Waals surface area contributed by atoms with Crippen LogP contribution in [-0.4, -0.2) is 39.4 Å². The van der Waals surface area contributed by atoms with Crippen LogP contribution in [-0.2, 0) is 17.6 Å². The number of rotatable bonds is 4. The SMILES string of the molecule is CCCN1C(=O)COc2ccc(-c3noc(-c4n[nH]c5c4CCCC5)n3)cc21. The molecule has 0 bridgehead atoms. The summed E-state index contributed by atoms with van der Waals surface area (Å²) < 4.78 is 11.1. The fourth-order valence-electron chi connectivity index (χ4n) is 3.90. The molecule has 3 heterocycles. The van der Waals surface area contributed by atoms with Gasteiger partial charge in [0, 0.05) is 23.4 Å². The summed E-state index contributed by atoms with van der Waals surface area (Å²) in [4.78, 5) is 18.6. The lowest BCUT2D eigenvalue weighted by molar-refractivity contribution is -0.121. The molecule has 0 unspecified atom stereocenters. The molecule has 0 saturated heterocycles. The van der Waals surface area contributed by atoms with Crippen LogP contribution in [0.3, 0.4) is 0 Å². The third-order valence-corrected chi connectivity index (χ3v) is 5.29. The number of amides is 1. The second kappa shape index (κ2) is 6.78. The fraction of sp³-hybridized carbons (Fsp3) is 0.400. The summed E-state index contributed by atoms with van der Waals surface area (Å²) in [7, 11) is 0. The van der Waals surface area contributed by atoms with Crippen LogP contribution in [0.25, 0.3) is 23.0 Å². The number of aromatic nitrogens is 4. The molecular formula is C20H21N5O3. The first kappa shape index (κ1) is 17.0. The number of nitrogens with one attached hydrogen (secondary N) is 1. The van der Waals surface area contributed by atoms with Crippen LogP contribution in [0.4, 0.5) is 5.69 Å². The van der Waals surface area contributed by atoms with E-state index in [1.807, 2.05) is 25.1 Å². The number of anilines is 1. The normalized spacial score (nSPS) is 15.9. The van der Waals surface area contributed by atoms with E-state index in [2.05, 4.69) is 20.3 Å². The zero-order valence-electron chi connectivity index (χ0n) is 15.7. The number of nitrogens with zero attached hydrogens (tertiary/aromatic N) is 4. The first-order valence-corrected chi connectivity index (χ1v) is 9.72. The van der Waals surface area contributed by atoms with E-state index in [9.17, 15) is 4.79 Å². The van der Waals surface area contributed by atoms with E-state index in [4.69, 9.17) is 9.26 Å². The number of H-pyrrole nitrogens is 1. The number of carbonyl (C=O) groups excluding carboxylic acids is 1. The van der Waals surface area contributed by atoms with Crippen LogP contribution in [0.15, 0.2) is 22.7 Å². The second-order valence-electron chi connectivity index (χ2n) is 7.18. The van der Waals surface area contributed by atoms with Crippen LogP contribution in [0.1, 0.15) is 37.4 Å². The van der Waals surface area contributed by atoms with Crippen molar-refractivity contribution in [3.8, 4) is 28.7 Å². The Hall–Kier alpha value is -3.16. The molecule has 1 aliphatic heterocycles. The van der Waals surface area contributed by atoms with Crippen molar-refractivity contribution in [2.24, 2.45) is 0 Å². The topological polar surface area (TPSA) is 97.1 Å². The van der Waals surface area contributed by atoms with E-state index in [1.165, 1.54) is 17.7 Å². The first-order chi connectivity index (χ1) is 13.7. The van der Waals surface area contributed by atoms with Crippen molar-refractivity contribution in [1.82, 2.24) is 20.3 Å². The number of fused-ring (bicyclic) bond motifs is 2. The van der Waals surface area contributed by atoms with Gasteiger partial charge in [-0.3, -0.25) is 9.89 Å². The Labute approximate surface area is 161 Å². The van der Waals surface area contributed by atoms with Gasteiger partial charge in [-0.15, -0.1) is 0 Å². The Morgan fingerprint density at radius 2 is 2.14 bits per heavy atom. The number of hydrogen-bond donors (Lipinski definition) is 1. The average molecular weight is 379 g/mol. The van der Waals surface area contributed by atoms with E-state index in [0.29, 0.717) is 24.0 Å². The summed E-state index contributed by atoms with van der Waals surface area (Å²) in [6.45, 7) is 2.76. The minimum absolute atomic E-state index is 0.0385. The summed E-state index contributed by atoms with van der Waals surface area (Å²) in [5.41, 5.74) is 4.62. The molecule has 0 saturated carbocycles. The molecule has 1 N–H and O–H groups in total. The fourth-order valence-corrected chi connectivity index (χ4v) is 3.90. The Balaban J connectivity index is 1.50. The lowest BCUT2D eigenvalue weighted by atomic mass is 9.96. The number of benzene rings is 1. The standard InChI is InChI=1S/C20H21N5O3/c1-2-9-25-15-10-12(7-8-16(15)27-11-17(25)26)19-21-20(28-24-19)18-13-5-3-4-6-14(13)22-23-18/h7-8,10H,2-6,9,11H2,1H3,(H,22,23). The molecule has 3 aromatic rings. The summed E-state index contributed by atoms with van der Waals surface area (Å²) in [5, 5.41) is 11.6. The zero-order chi connectivity index (χ0) is 19.1. The molecule has 0 atom stereocenters. The van der Waals surface area contributed by atoms with Crippen molar-refractivity contribution in [2.45, 2.75) is 39.0 Å². The van der Waals surface area contributed by atoms with Crippen molar-refractivity contribution < 1.29 is 14.1 Å². The third kappa shape index (κ3) is 2.76. The lowest BCUT2D eigenvalue weighted by Gasteiger charge is -2.29. The predicted octanol–water partition coefficient (Wildman–Crippen LogP) is 3.14. The number of aryl methyl sites for hydroxylation is 1. The number of hydrogen-bond acceptors (Lipinski definition) is 6. The van der Waals surface area contributed by atoms with Gasteiger partial charge < -0.3 is 14.2 Å². The third-order valence-electron chi connectivity index (χ3n) is 5.29. The molecular weight excluding hydrogens is 358 g/mol. The van der Waals surface area contributed by atoms with Gasteiger partial charge in [0.15, 0.2) is 12.3 Å². The average Bonchev–Trinajstić information content (AvgIpc) is 3.37. The van der Waals surface area contributed by atoms with Crippen molar-refractivity contribution >= 4 is 11.6 Å². The van der Waals surface area contributed by atoms with Crippen LogP contribution in [0.5, 0.6) is 5.75 Å². The molecule has 2 aliphatic rings. The molecule has 0 spiro atoms. The maximum Gasteiger partial charge on any atom is 0.279 e. The zero-order valence-corrected chi connectivity index (χ0v) is 15.7. The molecule has 8 nitrogen and oxygen atoms in total. The van der Waals surface area contributed by atoms with Gasteiger partial charge in [0.2, 0.25) is 5.82 Å². The molecule has 144 valence electrons.